The Bertz CT molecular complexity index is 589. The van der Waals surface area contributed by atoms with E-state index in [2.05, 4.69) is 15.9 Å². The summed E-state index contributed by atoms with van der Waals surface area (Å²) in [7, 11) is -3.74. The van der Waals surface area contributed by atoms with Crippen molar-refractivity contribution in [2.45, 2.75) is 13.8 Å². The van der Waals surface area contributed by atoms with Crippen LogP contribution in [-0.4, -0.2) is 11.9 Å². The lowest BCUT2D eigenvalue weighted by Gasteiger charge is -2.18. The van der Waals surface area contributed by atoms with Crippen LogP contribution in [0.15, 0.2) is 48.5 Å². The highest BCUT2D eigenvalue weighted by molar-refractivity contribution is 9.09. The second kappa shape index (κ2) is 7.82. The van der Waals surface area contributed by atoms with E-state index in [9.17, 15) is 4.57 Å². The quantitative estimate of drug-likeness (QED) is 0.481. The summed E-state index contributed by atoms with van der Waals surface area (Å²) in [5.41, 5.74) is 2.17. The molecule has 22 heavy (non-hydrogen) atoms. The summed E-state index contributed by atoms with van der Waals surface area (Å²) in [6, 6.07) is 14.4. The summed E-state index contributed by atoms with van der Waals surface area (Å²) >= 11 is 3.23. The molecule has 2 aromatic carbocycles. The third-order valence-electron chi connectivity index (χ3n) is 2.80. The predicted octanol–water partition coefficient (Wildman–Crippen LogP) is 5.28. The van der Waals surface area contributed by atoms with Gasteiger partial charge in [0.1, 0.15) is 11.5 Å². The molecule has 0 saturated heterocycles. The van der Waals surface area contributed by atoms with Crippen LogP contribution < -0.4 is 9.05 Å². The van der Waals surface area contributed by atoms with Gasteiger partial charge in [-0.25, -0.2) is 4.57 Å². The van der Waals surface area contributed by atoms with Gasteiger partial charge in [-0.05, 0) is 38.1 Å². The Morgan fingerprint density at radius 2 is 1.27 bits per heavy atom. The van der Waals surface area contributed by atoms with Crippen molar-refractivity contribution in [3.8, 4) is 11.5 Å². The first-order valence-electron chi connectivity index (χ1n) is 6.84. The fourth-order valence-electron chi connectivity index (χ4n) is 1.67. The van der Waals surface area contributed by atoms with Gasteiger partial charge >= 0.3 is 7.82 Å². The molecule has 2 rings (SSSR count). The van der Waals surface area contributed by atoms with E-state index in [1.54, 1.807) is 24.3 Å². The Morgan fingerprint density at radius 1 is 0.864 bits per heavy atom. The summed E-state index contributed by atoms with van der Waals surface area (Å²) in [4.78, 5) is 0. The minimum Gasteiger partial charge on any atom is -0.395 e. The Labute approximate surface area is 139 Å². The summed E-state index contributed by atoms with van der Waals surface area (Å²) in [6.45, 7) is 4.15. The molecule has 0 amide bonds. The van der Waals surface area contributed by atoms with E-state index in [-0.39, 0.29) is 6.61 Å². The minimum atomic E-state index is -3.74. The van der Waals surface area contributed by atoms with Gasteiger partial charge in [0.05, 0.1) is 6.61 Å². The molecule has 2 aromatic rings. The Hall–Kier alpha value is -1.29. The number of rotatable bonds is 7. The number of halogens is 1. The summed E-state index contributed by atoms with van der Waals surface area (Å²) in [6.07, 6.45) is 0. The normalized spacial score (nSPS) is 11.2. The standard InChI is InChI=1S/C16H18BrO4P/c1-13-3-7-15(8-4-13)20-22(18,19-12-11-17)21-16-9-5-14(2)6-10-16/h3-10H,11-12H2,1-2H3. The Morgan fingerprint density at radius 3 is 1.64 bits per heavy atom. The highest BCUT2D eigenvalue weighted by atomic mass is 79.9. The number of hydrogen-bond donors (Lipinski definition) is 0. The van der Waals surface area contributed by atoms with Crippen LogP contribution in [0.1, 0.15) is 11.1 Å². The molecule has 0 heterocycles. The zero-order valence-corrected chi connectivity index (χ0v) is 15.0. The van der Waals surface area contributed by atoms with Crippen molar-refractivity contribution >= 4 is 23.8 Å². The second-order valence-corrected chi connectivity index (χ2v) is 7.09. The molecule has 0 saturated carbocycles. The Balaban J connectivity index is 2.17. The van der Waals surface area contributed by atoms with Crippen LogP contribution >= 0.6 is 23.8 Å². The summed E-state index contributed by atoms with van der Waals surface area (Å²) in [5, 5.41) is 0.533. The van der Waals surface area contributed by atoms with Gasteiger partial charge in [0.25, 0.3) is 0 Å². The number of benzene rings is 2. The van der Waals surface area contributed by atoms with E-state index < -0.39 is 7.82 Å². The predicted molar refractivity (Wildman–Crippen MR) is 91.0 cm³/mol. The van der Waals surface area contributed by atoms with Gasteiger partial charge < -0.3 is 9.05 Å². The van der Waals surface area contributed by atoms with E-state index in [0.717, 1.165) is 11.1 Å². The highest BCUT2D eigenvalue weighted by Gasteiger charge is 2.30. The van der Waals surface area contributed by atoms with Gasteiger partial charge in [0.15, 0.2) is 0 Å². The smallest absolute Gasteiger partial charge is 0.395 e. The zero-order chi connectivity index (χ0) is 16.0. The molecule has 0 fully saturated rings. The molecule has 0 aliphatic heterocycles. The van der Waals surface area contributed by atoms with Crippen LogP contribution in [0.2, 0.25) is 0 Å². The van der Waals surface area contributed by atoms with Crippen LogP contribution in [0.5, 0.6) is 11.5 Å². The molecule has 0 bridgehead atoms. The van der Waals surface area contributed by atoms with Crippen molar-refractivity contribution in [2.24, 2.45) is 0 Å². The summed E-state index contributed by atoms with van der Waals surface area (Å²) < 4.78 is 29.1. The lowest BCUT2D eigenvalue weighted by Crippen LogP contribution is -2.06. The number of aryl methyl sites for hydroxylation is 2. The van der Waals surface area contributed by atoms with Gasteiger partial charge in [-0.3, -0.25) is 4.52 Å². The lowest BCUT2D eigenvalue weighted by atomic mass is 10.2. The van der Waals surface area contributed by atoms with Crippen molar-refractivity contribution in [3.05, 3.63) is 59.7 Å². The SMILES string of the molecule is Cc1ccc(OP(=O)(OCCBr)Oc2ccc(C)cc2)cc1. The van der Waals surface area contributed by atoms with Crippen LogP contribution in [0.3, 0.4) is 0 Å². The molecule has 0 spiro atoms. The third kappa shape index (κ3) is 5.16. The second-order valence-electron chi connectivity index (χ2n) is 4.78. The molecule has 0 radical (unpaired) electrons. The fraction of sp³-hybridized carbons (Fsp3) is 0.250. The molecule has 0 unspecified atom stereocenters. The average molecular weight is 385 g/mol. The maximum absolute atomic E-state index is 12.8. The van der Waals surface area contributed by atoms with Gasteiger partial charge in [0, 0.05) is 5.33 Å². The van der Waals surface area contributed by atoms with Crippen LogP contribution in [0.4, 0.5) is 0 Å². The first-order chi connectivity index (χ1) is 10.5. The molecule has 0 aliphatic rings. The maximum Gasteiger partial charge on any atom is 0.587 e. The number of alkyl halides is 1. The van der Waals surface area contributed by atoms with Gasteiger partial charge in [-0.1, -0.05) is 51.3 Å². The molecular formula is C16H18BrO4P. The molecule has 6 heteroatoms. The number of phosphoric acid groups is 1. The average Bonchev–Trinajstić information content (AvgIpc) is 2.50. The van der Waals surface area contributed by atoms with Crippen molar-refractivity contribution in [1.29, 1.82) is 0 Å². The summed E-state index contributed by atoms with van der Waals surface area (Å²) in [5.74, 6) is 0.881. The van der Waals surface area contributed by atoms with Gasteiger partial charge in [0.2, 0.25) is 0 Å². The third-order valence-corrected chi connectivity index (χ3v) is 4.49. The highest BCUT2D eigenvalue weighted by Crippen LogP contribution is 2.49. The molecule has 118 valence electrons. The number of hydrogen-bond acceptors (Lipinski definition) is 4. The van der Waals surface area contributed by atoms with E-state index in [4.69, 9.17) is 13.6 Å². The van der Waals surface area contributed by atoms with E-state index in [1.165, 1.54) is 0 Å². The molecule has 4 nitrogen and oxygen atoms in total. The van der Waals surface area contributed by atoms with Crippen LogP contribution in [0, 0.1) is 13.8 Å². The first-order valence-corrected chi connectivity index (χ1v) is 9.42. The zero-order valence-electron chi connectivity index (χ0n) is 12.5. The molecule has 0 atom stereocenters. The monoisotopic (exact) mass is 384 g/mol. The van der Waals surface area contributed by atoms with Crippen molar-refractivity contribution < 1.29 is 18.1 Å². The van der Waals surface area contributed by atoms with Crippen molar-refractivity contribution in [2.75, 3.05) is 11.9 Å². The molecule has 0 aromatic heterocycles. The largest absolute Gasteiger partial charge is 0.587 e. The van der Waals surface area contributed by atoms with Crippen LogP contribution in [0.25, 0.3) is 0 Å². The fourth-order valence-corrected chi connectivity index (χ4v) is 3.30. The van der Waals surface area contributed by atoms with Crippen molar-refractivity contribution in [1.82, 2.24) is 0 Å². The van der Waals surface area contributed by atoms with Gasteiger partial charge in [-0.15, -0.1) is 0 Å². The molecule has 0 aliphatic carbocycles. The lowest BCUT2D eigenvalue weighted by molar-refractivity contribution is 0.221. The van der Waals surface area contributed by atoms with E-state index in [0.29, 0.717) is 16.8 Å². The molecular weight excluding hydrogens is 367 g/mol. The minimum absolute atomic E-state index is 0.217. The maximum atomic E-state index is 12.8. The van der Waals surface area contributed by atoms with E-state index in [1.807, 2.05) is 38.1 Å². The topological polar surface area (TPSA) is 44.8 Å². The van der Waals surface area contributed by atoms with Crippen LogP contribution in [-0.2, 0) is 9.09 Å². The van der Waals surface area contributed by atoms with E-state index >= 15 is 0 Å². The molecule has 0 N–H and O–H groups in total. The first kappa shape index (κ1) is 17.1. The van der Waals surface area contributed by atoms with Crippen molar-refractivity contribution in [3.63, 3.8) is 0 Å². The number of phosphoric ester groups is 1. The Kier molecular flexibility index (Phi) is 6.07. The van der Waals surface area contributed by atoms with Gasteiger partial charge in [-0.2, -0.15) is 0 Å².